The van der Waals surface area contributed by atoms with E-state index in [9.17, 15) is 9.18 Å². The lowest BCUT2D eigenvalue weighted by atomic mass is 10.1. The monoisotopic (exact) mass is 332 g/mol. The number of hydrogen-bond acceptors (Lipinski definition) is 2. The molecule has 1 aromatic carbocycles. The highest BCUT2D eigenvalue weighted by Gasteiger charge is 2.15. The van der Waals surface area contributed by atoms with Crippen LogP contribution in [0, 0.1) is 12.7 Å². The smallest absolute Gasteiger partial charge is 0.203 e. The average molecular weight is 334 g/mol. The topological polar surface area (TPSA) is 17.1 Å². The summed E-state index contributed by atoms with van der Waals surface area (Å²) in [4.78, 5) is 12.6. The van der Waals surface area contributed by atoms with Gasteiger partial charge in [-0.3, -0.25) is 4.79 Å². The van der Waals surface area contributed by atoms with E-state index in [2.05, 4.69) is 15.9 Å². The number of halogens is 3. The van der Waals surface area contributed by atoms with Crippen molar-refractivity contribution in [1.29, 1.82) is 0 Å². The molecule has 0 amide bonds. The van der Waals surface area contributed by atoms with Crippen LogP contribution in [0.25, 0.3) is 0 Å². The summed E-state index contributed by atoms with van der Waals surface area (Å²) in [5.41, 5.74) is 1.06. The van der Waals surface area contributed by atoms with Gasteiger partial charge in [-0.2, -0.15) is 0 Å². The van der Waals surface area contributed by atoms with Gasteiger partial charge >= 0.3 is 0 Å². The van der Waals surface area contributed by atoms with Gasteiger partial charge in [0.15, 0.2) is 0 Å². The SMILES string of the molecule is Cc1cc(F)cc(C(=O)c2cc(Cl)c(Br)s2)c1. The lowest BCUT2D eigenvalue weighted by molar-refractivity contribution is 0.104. The van der Waals surface area contributed by atoms with Crippen molar-refractivity contribution in [3.8, 4) is 0 Å². The van der Waals surface area contributed by atoms with Crippen LogP contribution in [-0.2, 0) is 0 Å². The Morgan fingerprint density at radius 1 is 1.35 bits per heavy atom. The highest BCUT2D eigenvalue weighted by Crippen LogP contribution is 2.33. The minimum atomic E-state index is -0.407. The molecule has 0 fully saturated rings. The second-order valence-corrected chi connectivity index (χ2v) is 6.36. The molecule has 0 spiro atoms. The van der Waals surface area contributed by atoms with Crippen LogP contribution in [0.2, 0.25) is 5.02 Å². The Morgan fingerprint density at radius 3 is 2.59 bits per heavy atom. The normalized spacial score (nSPS) is 10.6. The molecule has 0 saturated carbocycles. The van der Waals surface area contributed by atoms with E-state index < -0.39 is 5.82 Å². The van der Waals surface area contributed by atoms with Crippen LogP contribution in [0.3, 0.4) is 0 Å². The van der Waals surface area contributed by atoms with Gasteiger partial charge < -0.3 is 0 Å². The van der Waals surface area contributed by atoms with Crippen LogP contribution in [0.5, 0.6) is 0 Å². The number of thiophene rings is 1. The molecule has 0 atom stereocenters. The van der Waals surface area contributed by atoms with Crippen LogP contribution in [0.15, 0.2) is 28.1 Å². The molecule has 0 aliphatic rings. The zero-order valence-corrected chi connectivity index (χ0v) is 11.9. The van der Waals surface area contributed by atoms with Gasteiger partial charge in [-0.25, -0.2) is 4.39 Å². The lowest BCUT2D eigenvalue weighted by Crippen LogP contribution is -1.99. The molecule has 88 valence electrons. The van der Waals surface area contributed by atoms with Gasteiger partial charge in [0.2, 0.25) is 5.78 Å². The van der Waals surface area contributed by atoms with Gasteiger partial charge in [-0.15, -0.1) is 11.3 Å². The Morgan fingerprint density at radius 2 is 2.06 bits per heavy atom. The molecule has 1 aromatic heterocycles. The maximum Gasteiger partial charge on any atom is 0.203 e. The molecule has 0 unspecified atom stereocenters. The number of benzene rings is 1. The Labute approximate surface area is 115 Å². The fourth-order valence-corrected chi connectivity index (χ4v) is 3.13. The molecule has 2 aromatic rings. The molecular formula is C12H7BrClFOS. The second kappa shape index (κ2) is 4.88. The fourth-order valence-electron chi connectivity index (χ4n) is 1.47. The van der Waals surface area contributed by atoms with Crippen molar-refractivity contribution in [1.82, 2.24) is 0 Å². The summed E-state index contributed by atoms with van der Waals surface area (Å²) in [6.07, 6.45) is 0. The van der Waals surface area contributed by atoms with E-state index >= 15 is 0 Å². The third kappa shape index (κ3) is 2.76. The zero-order chi connectivity index (χ0) is 12.6. The maximum atomic E-state index is 13.2. The molecule has 2 rings (SSSR count). The summed E-state index contributed by atoms with van der Waals surface area (Å²) in [5, 5.41) is 0.492. The summed E-state index contributed by atoms with van der Waals surface area (Å²) >= 11 is 10.3. The van der Waals surface area contributed by atoms with E-state index in [4.69, 9.17) is 11.6 Å². The molecule has 0 N–H and O–H groups in total. The van der Waals surface area contributed by atoms with E-state index in [-0.39, 0.29) is 5.78 Å². The number of rotatable bonds is 2. The number of hydrogen-bond donors (Lipinski definition) is 0. The first-order valence-corrected chi connectivity index (χ1v) is 6.73. The largest absolute Gasteiger partial charge is 0.288 e. The second-order valence-electron chi connectivity index (χ2n) is 3.58. The van der Waals surface area contributed by atoms with Crippen LogP contribution in [0.4, 0.5) is 4.39 Å². The zero-order valence-electron chi connectivity index (χ0n) is 8.76. The van der Waals surface area contributed by atoms with Gasteiger partial charge in [0.1, 0.15) is 5.82 Å². The summed E-state index contributed by atoms with van der Waals surface area (Å²) in [5.74, 6) is -0.625. The quantitative estimate of drug-likeness (QED) is 0.719. The van der Waals surface area contributed by atoms with Gasteiger partial charge in [-0.1, -0.05) is 11.6 Å². The Balaban J connectivity index is 2.43. The Hall–Kier alpha value is -0.710. The molecule has 0 saturated heterocycles. The van der Waals surface area contributed by atoms with Crippen LogP contribution in [0.1, 0.15) is 20.8 Å². The van der Waals surface area contributed by atoms with Crippen molar-refractivity contribution in [2.45, 2.75) is 6.92 Å². The van der Waals surface area contributed by atoms with Crippen molar-refractivity contribution < 1.29 is 9.18 Å². The standard InChI is InChI=1S/C12H7BrClFOS/c1-6-2-7(4-8(15)3-6)11(16)10-5-9(14)12(13)17-10/h2-5H,1H3. The first-order chi connectivity index (χ1) is 7.97. The number of carbonyl (C=O) groups excluding carboxylic acids is 1. The number of ketones is 1. The highest BCUT2D eigenvalue weighted by atomic mass is 79.9. The van der Waals surface area contributed by atoms with E-state index in [0.717, 1.165) is 5.56 Å². The van der Waals surface area contributed by atoms with Crippen molar-refractivity contribution in [3.63, 3.8) is 0 Å². The first-order valence-electron chi connectivity index (χ1n) is 4.74. The van der Waals surface area contributed by atoms with Crippen molar-refractivity contribution in [2.75, 3.05) is 0 Å². The van der Waals surface area contributed by atoms with Crippen molar-refractivity contribution in [2.24, 2.45) is 0 Å². The molecule has 0 radical (unpaired) electrons. The van der Waals surface area contributed by atoms with Gasteiger partial charge in [0.05, 0.1) is 13.7 Å². The molecule has 5 heteroatoms. The molecule has 1 heterocycles. The Bertz CT molecular complexity index is 554. The molecule has 0 aliphatic heterocycles. The predicted molar refractivity (Wildman–Crippen MR) is 71.6 cm³/mol. The third-order valence-corrected chi connectivity index (χ3v) is 4.65. The average Bonchev–Trinajstić information content (AvgIpc) is 2.57. The summed E-state index contributed by atoms with van der Waals surface area (Å²) in [7, 11) is 0. The fraction of sp³-hybridized carbons (Fsp3) is 0.0833. The molecule has 1 nitrogen and oxygen atoms in total. The molecule has 0 bridgehead atoms. The first kappa shape index (κ1) is 12.7. The van der Waals surface area contributed by atoms with Gasteiger partial charge in [0.25, 0.3) is 0 Å². The third-order valence-electron chi connectivity index (χ3n) is 2.17. The minimum absolute atomic E-state index is 0.217. The van der Waals surface area contributed by atoms with Crippen molar-refractivity contribution in [3.05, 3.63) is 54.9 Å². The maximum absolute atomic E-state index is 13.2. The van der Waals surface area contributed by atoms with E-state index in [1.54, 1.807) is 19.1 Å². The summed E-state index contributed by atoms with van der Waals surface area (Å²) in [6, 6.07) is 5.86. The Kier molecular flexibility index (Phi) is 3.66. The van der Waals surface area contributed by atoms with E-state index in [0.29, 0.717) is 19.2 Å². The summed E-state index contributed by atoms with van der Waals surface area (Å²) in [6.45, 7) is 1.75. The van der Waals surface area contributed by atoms with E-state index in [1.165, 1.54) is 23.5 Å². The molecular weight excluding hydrogens is 327 g/mol. The lowest BCUT2D eigenvalue weighted by Gasteiger charge is -2.00. The highest BCUT2D eigenvalue weighted by molar-refractivity contribution is 9.11. The predicted octanol–water partition coefficient (Wildman–Crippen LogP) is 4.84. The summed E-state index contributed by atoms with van der Waals surface area (Å²) < 4.78 is 13.9. The molecule has 0 aliphatic carbocycles. The van der Waals surface area contributed by atoms with Crippen molar-refractivity contribution >= 4 is 44.7 Å². The van der Waals surface area contributed by atoms with Gasteiger partial charge in [-0.05, 0) is 52.7 Å². The van der Waals surface area contributed by atoms with Gasteiger partial charge in [0, 0.05) is 5.56 Å². The number of aryl methyl sites for hydroxylation is 1. The molecule has 17 heavy (non-hydrogen) atoms. The number of carbonyl (C=O) groups is 1. The van der Waals surface area contributed by atoms with Crippen LogP contribution >= 0.6 is 38.9 Å². The van der Waals surface area contributed by atoms with E-state index in [1.807, 2.05) is 0 Å². The van der Waals surface area contributed by atoms with Crippen LogP contribution in [-0.4, -0.2) is 5.78 Å². The minimum Gasteiger partial charge on any atom is -0.288 e. The van der Waals surface area contributed by atoms with Crippen LogP contribution < -0.4 is 0 Å².